The molecule has 7 nitrogen and oxygen atoms in total. The highest BCUT2D eigenvalue weighted by Gasteiger charge is 2.16. The van der Waals surface area contributed by atoms with Crippen molar-refractivity contribution in [3.8, 4) is 5.75 Å². The molecule has 0 atom stereocenters. The number of rotatable bonds is 7. The third-order valence-corrected chi connectivity index (χ3v) is 4.95. The van der Waals surface area contributed by atoms with E-state index < -0.39 is 11.9 Å². The monoisotopic (exact) mass is 422 g/mol. The van der Waals surface area contributed by atoms with E-state index in [4.69, 9.17) is 13.9 Å². The van der Waals surface area contributed by atoms with E-state index in [0.717, 1.165) is 22.1 Å². The van der Waals surface area contributed by atoms with Gasteiger partial charge in [0.2, 0.25) is 0 Å². The number of thiazole rings is 1. The molecule has 1 N–H and O–H groups in total. The van der Waals surface area contributed by atoms with Crippen LogP contribution in [0, 0.1) is 0 Å². The van der Waals surface area contributed by atoms with Crippen LogP contribution in [0.1, 0.15) is 33.7 Å². The molecule has 2 aromatic carbocycles. The van der Waals surface area contributed by atoms with Crippen LogP contribution in [0.3, 0.4) is 0 Å². The topological polar surface area (TPSA) is 90.7 Å². The number of nitrogens with one attached hydrogen (secondary N) is 1. The zero-order valence-corrected chi connectivity index (χ0v) is 16.9. The van der Waals surface area contributed by atoms with E-state index in [0.29, 0.717) is 11.5 Å². The van der Waals surface area contributed by atoms with Crippen molar-refractivity contribution in [3.05, 3.63) is 77.2 Å². The Kier molecular flexibility index (Phi) is 5.76. The summed E-state index contributed by atoms with van der Waals surface area (Å²) in [6, 6.07) is 17.1. The summed E-state index contributed by atoms with van der Waals surface area (Å²) in [7, 11) is 0. The number of esters is 1. The van der Waals surface area contributed by atoms with Gasteiger partial charge in [0.1, 0.15) is 18.1 Å². The van der Waals surface area contributed by atoms with Gasteiger partial charge in [0, 0.05) is 5.38 Å². The Morgan fingerprint density at radius 1 is 1.10 bits per heavy atom. The molecule has 4 rings (SSSR count). The van der Waals surface area contributed by atoms with Crippen LogP contribution in [0.2, 0.25) is 0 Å². The highest BCUT2D eigenvalue weighted by atomic mass is 32.1. The highest BCUT2D eigenvalue weighted by molar-refractivity contribution is 7.14. The summed E-state index contributed by atoms with van der Waals surface area (Å²) in [5, 5.41) is 6.64. The second-order valence-electron chi connectivity index (χ2n) is 6.28. The number of benzene rings is 2. The number of fused-ring (bicyclic) bond motifs is 1. The number of carbonyl (C=O) groups is 2. The largest absolute Gasteiger partial charge is 0.486 e. The Morgan fingerprint density at radius 2 is 1.93 bits per heavy atom. The van der Waals surface area contributed by atoms with Gasteiger partial charge < -0.3 is 13.9 Å². The second-order valence-corrected chi connectivity index (χ2v) is 7.13. The third kappa shape index (κ3) is 4.49. The minimum absolute atomic E-state index is 0.125. The van der Waals surface area contributed by atoms with Gasteiger partial charge in [0.15, 0.2) is 16.6 Å². The number of furan rings is 1. The second kappa shape index (κ2) is 8.79. The van der Waals surface area contributed by atoms with Crippen LogP contribution >= 0.6 is 11.3 Å². The van der Waals surface area contributed by atoms with E-state index >= 15 is 0 Å². The lowest BCUT2D eigenvalue weighted by Crippen LogP contribution is -2.11. The molecule has 0 bridgehead atoms. The van der Waals surface area contributed by atoms with Gasteiger partial charge in [0.05, 0.1) is 6.61 Å². The van der Waals surface area contributed by atoms with Crippen molar-refractivity contribution in [1.82, 2.24) is 4.98 Å². The zero-order chi connectivity index (χ0) is 20.9. The smallest absolute Gasteiger partial charge is 0.357 e. The summed E-state index contributed by atoms with van der Waals surface area (Å²) in [6.45, 7) is 2.16. The average Bonchev–Trinajstić information content (AvgIpc) is 3.42. The van der Waals surface area contributed by atoms with Crippen molar-refractivity contribution in [3.63, 3.8) is 0 Å². The molecule has 2 heterocycles. The van der Waals surface area contributed by atoms with Crippen molar-refractivity contribution in [2.75, 3.05) is 11.9 Å². The van der Waals surface area contributed by atoms with Gasteiger partial charge in [-0.2, -0.15) is 0 Å². The van der Waals surface area contributed by atoms with Gasteiger partial charge >= 0.3 is 5.97 Å². The number of carbonyl (C=O) groups excluding carboxylic acids is 2. The fourth-order valence-electron chi connectivity index (χ4n) is 2.78. The van der Waals surface area contributed by atoms with Crippen molar-refractivity contribution in [2.24, 2.45) is 0 Å². The van der Waals surface area contributed by atoms with Gasteiger partial charge in [-0.25, -0.2) is 9.78 Å². The summed E-state index contributed by atoms with van der Waals surface area (Å²) < 4.78 is 16.2. The molecule has 0 radical (unpaired) electrons. The van der Waals surface area contributed by atoms with E-state index in [1.165, 1.54) is 5.38 Å². The summed E-state index contributed by atoms with van der Waals surface area (Å²) in [5.74, 6) is 0.363. The number of amides is 1. The Morgan fingerprint density at radius 3 is 2.77 bits per heavy atom. The van der Waals surface area contributed by atoms with Crippen LogP contribution in [0.15, 0.2) is 64.4 Å². The highest BCUT2D eigenvalue weighted by Crippen LogP contribution is 2.22. The fourth-order valence-corrected chi connectivity index (χ4v) is 3.45. The van der Waals surface area contributed by atoms with Gasteiger partial charge in [-0.05, 0) is 42.0 Å². The van der Waals surface area contributed by atoms with Crippen LogP contribution in [-0.2, 0) is 11.3 Å². The lowest BCUT2D eigenvalue weighted by atomic mass is 10.1. The lowest BCUT2D eigenvalue weighted by molar-refractivity contribution is 0.0520. The molecule has 30 heavy (non-hydrogen) atoms. The van der Waals surface area contributed by atoms with Gasteiger partial charge in [-0.3, -0.25) is 10.1 Å². The number of hydrogen-bond acceptors (Lipinski definition) is 7. The van der Waals surface area contributed by atoms with E-state index in [9.17, 15) is 9.59 Å². The Hall–Kier alpha value is -3.65. The average molecular weight is 422 g/mol. The maximum Gasteiger partial charge on any atom is 0.357 e. The molecule has 0 saturated carbocycles. The van der Waals surface area contributed by atoms with Crippen LogP contribution < -0.4 is 10.1 Å². The molecule has 0 spiro atoms. The Bertz CT molecular complexity index is 1200. The van der Waals surface area contributed by atoms with Crippen molar-refractivity contribution < 1.29 is 23.5 Å². The van der Waals surface area contributed by atoms with E-state index in [2.05, 4.69) is 10.3 Å². The molecule has 0 aliphatic rings. The minimum atomic E-state index is -0.527. The first kappa shape index (κ1) is 19.7. The number of ether oxygens (including phenoxy) is 2. The summed E-state index contributed by atoms with van der Waals surface area (Å²) in [6.07, 6.45) is 0. The molecule has 0 fully saturated rings. The van der Waals surface area contributed by atoms with Gasteiger partial charge in [0.25, 0.3) is 5.91 Å². The fraction of sp³-hybridized carbons (Fsp3) is 0.136. The molecule has 8 heteroatoms. The maximum atomic E-state index is 12.4. The van der Waals surface area contributed by atoms with Crippen LogP contribution in [0.25, 0.3) is 10.8 Å². The number of anilines is 1. The Balaban J connectivity index is 1.36. The normalized spacial score (nSPS) is 10.7. The number of aromatic nitrogens is 1. The van der Waals surface area contributed by atoms with E-state index in [-0.39, 0.29) is 29.8 Å². The number of hydrogen-bond donors (Lipinski definition) is 1. The van der Waals surface area contributed by atoms with Crippen molar-refractivity contribution >= 4 is 39.1 Å². The summed E-state index contributed by atoms with van der Waals surface area (Å²) in [5.41, 5.74) is 0.154. The van der Waals surface area contributed by atoms with Gasteiger partial charge in [-0.1, -0.05) is 30.3 Å². The first-order valence-electron chi connectivity index (χ1n) is 9.26. The van der Waals surface area contributed by atoms with E-state index in [1.54, 1.807) is 19.1 Å². The molecule has 0 unspecified atom stereocenters. The molecule has 0 aliphatic carbocycles. The van der Waals surface area contributed by atoms with Crippen LogP contribution in [0.4, 0.5) is 5.13 Å². The Labute approximate surface area is 176 Å². The third-order valence-electron chi connectivity index (χ3n) is 4.20. The predicted octanol–water partition coefficient (Wildman–Crippen LogP) is 4.90. The molecule has 0 aliphatic heterocycles. The summed E-state index contributed by atoms with van der Waals surface area (Å²) in [4.78, 5) is 28.1. The molecule has 1 amide bonds. The predicted molar refractivity (Wildman–Crippen MR) is 113 cm³/mol. The SMILES string of the molecule is CCOC(=O)c1csc(NC(=O)c2ccc(COc3ccc4ccccc4c3)o2)n1. The van der Waals surface area contributed by atoms with Crippen LogP contribution in [0.5, 0.6) is 5.75 Å². The zero-order valence-electron chi connectivity index (χ0n) is 16.1. The van der Waals surface area contributed by atoms with E-state index in [1.807, 2.05) is 42.5 Å². The summed E-state index contributed by atoms with van der Waals surface area (Å²) >= 11 is 1.13. The first-order valence-corrected chi connectivity index (χ1v) is 10.1. The molecular formula is C22H18N2O5S. The first-order chi connectivity index (χ1) is 14.6. The standard InChI is InChI=1S/C22H18N2O5S/c1-2-27-21(26)18-13-30-22(23-18)24-20(25)19-10-9-17(29-19)12-28-16-8-7-14-5-3-4-6-15(14)11-16/h3-11,13H,2,12H2,1H3,(H,23,24,25). The van der Waals surface area contributed by atoms with Gasteiger partial charge in [-0.15, -0.1) is 11.3 Å². The van der Waals surface area contributed by atoms with Crippen LogP contribution in [-0.4, -0.2) is 23.5 Å². The lowest BCUT2D eigenvalue weighted by Gasteiger charge is -2.05. The molecule has 0 saturated heterocycles. The minimum Gasteiger partial charge on any atom is -0.486 e. The van der Waals surface area contributed by atoms with Crippen molar-refractivity contribution in [1.29, 1.82) is 0 Å². The quantitative estimate of drug-likeness (QED) is 0.426. The number of nitrogens with zero attached hydrogens (tertiary/aromatic N) is 1. The maximum absolute atomic E-state index is 12.4. The van der Waals surface area contributed by atoms with Crippen molar-refractivity contribution in [2.45, 2.75) is 13.5 Å². The molecular weight excluding hydrogens is 404 g/mol. The molecule has 2 aromatic heterocycles. The molecule has 4 aromatic rings. The molecule has 152 valence electrons.